The molecular formula is C12H19N3O. The molecular weight excluding hydrogens is 202 g/mol. The van der Waals surface area contributed by atoms with Crippen LogP contribution in [0, 0.1) is 17.2 Å². The topological polar surface area (TPSA) is 56.1 Å². The van der Waals surface area contributed by atoms with Gasteiger partial charge in [-0.1, -0.05) is 6.42 Å². The average Bonchev–Trinajstić information content (AvgIpc) is 2.71. The highest BCUT2D eigenvalue weighted by molar-refractivity contribution is 5.76. The maximum absolute atomic E-state index is 11.3. The molecule has 16 heavy (non-hydrogen) atoms. The van der Waals surface area contributed by atoms with E-state index < -0.39 is 0 Å². The summed E-state index contributed by atoms with van der Waals surface area (Å²) in [5.74, 6) is 0.407. The van der Waals surface area contributed by atoms with Crippen LogP contribution in [-0.4, -0.2) is 36.5 Å². The van der Waals surface area contributed by atoms with Gasteiger partial charge in [0.25, 0.3) is 0 Å². The Balaban J connectivity index is 1.86. The molecule has 4 nitrogen and oxygen atoms in total. The number of rotatable bonds is 2. The molecule has 1 aliphatic heterocycles. The zero-order chi connectivity index (χ0) is 11.5. The number of carbonyl (C=O) groups is 1. The Hall–Kier alpha value is -1.08. The van der Waals surface area contributed by atoms with Gasteiger partial charge in [0, 0.05) is 32.1 Å². The summed E-state index contributed by atoms with van der Waals surface area (Å²) in [5, 5.41) is 12.6. The molecule has 3 atom stereocenters. The van der Waals surface area contributed by atoms with Gasteiger partial charge in [0.05, 0.1) is 12.0 Å². The SMILES string of the molecule is CN1CC(NC2CCCC2C#N)CCC1=O. The van der Waals surface area contributed by atoms with E-state index in [1.807, 2.05) is 7.05 Å². The minimum atomic E-state index is 0.169. The molecule has 1 saturated carbocycles. The van der Waals surface area contributed by atoms with Gasteiger partial charge in [-0.05, 0) is 19.3 Å². The molecule has 3 unspecified atom stereocenters. The molecule has 2 aliphatic rings. The molecule has 1 aliphatic carbocycles. The van der Waals surface area contributed by atoms with Crippen LogP contribution in [-0.2, 0) is 4.79 Å². The monoisotopic (exact) mass is 221 g/mol. The van der Waals surface area contributed by atoms with Gasteiger partial charge in [-0.15, -0.1) is 0 Å². The third-order valence-electron chi connectivity index (χ3n) is 3.76. The molecule has 88 valence electrons. The van der Waals surface area contributed by atoms with Gasteiger partial charge in [-0.25, -0.2) is 0 Å². The van der Waals surface area contributed by atoms with Crippen LogP contribution < -0.4 is 5.32 Å². The second kappa shape index (κ2) is 4.84. The van der Waals surface area contributed by atoms with E-state index in [1.54, 1.807) is 4.90 Å². The summed E-state index contributed by atoms with van der Waals surface area (Å²) in [6.45, 7) is 0.785. The normalized spacial score (nSPS) is 35.1. The van der Waals surface area contributed by atoms with Gasteiger partial charge in [-0.2, -0.15) is 5.26 Å². The number of hydrogen-bond donors (Lipinski definition) is 1. The zero-order valence-electron chi connectivity index (χ0n) is 9.78. The Morgan fingerprint density at radius 1 is 1.44 bits per heavy atom. The fourth-order valence-electron chi connectivity index (χ4n) is 2.77. The first-order valence-electron chi connectivity index (χ1n) is 6.10. The van der Waals surface area contributed by atoms with E-state index in [9.17, 15) is 4.79 Å². The molecule has 1 heterocycles. The predicted molar refractivity (Wildman–Crippen MR) is 60.5 cm³/mol. The molecule has 0 aromatic rings. The maximum atomic E-state index is 11.3. The van der Waals surface area contributed by atoms with Crippen LogP contribution >= 0.6 is 0 Å². The second-order valence-electron chi connectivity index (χ2n) is 4.95. The molecule has 4 heteroatoms. The van der Waals surface area contributed by atoms with E-state index in [0.717, 1.165) is 32.2 Å². The van der Waals surface area contributed by atoms with Gasteiger partial charge < -0.3 is 10.2 Å². The molecule has 2 fully saturated rings. The van der Waals surface area contributed by atoms with Gasteiger partial charge >= 0.3 is 0 Å². The number of amides is 1. The van der Waals surface area contributed by atoms with E-state index in [2.05, 4.69) is 11.4 Å². The molecule has 1 N–H and O–H groups in total. The standard InChI is InChI=1S/C12H19N3O/c1-15-8-10(5-6-12(15)16)14-11-4-2-3-9(11)7-13/h9-11,14H,2-6,8H2,1H3. The lowest BCUT2D eigenvalue weighted by Gasteiger charge is -2.32. The highest BCUT2D eigenvalue weighted by atomic mass is 16.2. The number of piperidine rings is 1. The number of nitriles is 1. The summed E-state index contributed by atoms with van der Waals surface area (Å²) < 4.78 is 0. The van der Waals surface area contributed by atoms with Crippen LogP contribution in [0.5, 0.6) is 0 Å². The summed E-state index contributed by atoms with van der Waals surface area (Å²) in [7, 11) is 1.85. The van der Waals surface area contributed by atoms with Crippen LogP contribution in [0.25, 0.3) is 0 Å². The third kappa shape index (κ3) is 2.35. The Bertz CT molecular complexity index is 310. The summed E-state index contributed by atoms with van der Waals surface area (Å²) >= 11 is 0. The molecule has 0 radical (unpaired) electrons. The quantitative estimate of drug-likeness (QED) is 0.753. The van der Waals surface area contributed by atoms with E-state index in [4.69, 9.17) is 5.26 Å². The van der Waals surface area contributed by atoms with Crippen molar-refractivity contribution in [2.24, 2.45) is 5.92 Å². The highest BCUT2D eigenvalue weighted by Gasteiger charge is 2.31. The van der Waals surface area contributed by atoms with E-state index in [0.29, 0.717) is 18.5 Å². The molecule has 0 spiro atoms. The van der Waals surface area contributed by atoms with Crippen molar-refractivity contribution in [2.75, 3.05) is 13.6 Å². The van der Waals surface area contributed by atoms with Crippen molar-refractivity contribution in [3.05, 3.63) is 0 Å². The van der Waals surface area contributed by atoms with E-state index in [1.165, 1.54) is 0 Å². The Morgan fingerprint density at radius 3 is 2.94 bits per heavy atom. The van der Waals surface area contributed by atoms with Crippen molar-refractivity contribution >= 4 is 5.91 Å². The van der Waals surface area contributed by atoms with Gasteiger partial charge in [0.15, 0.2) is 0 Å². The largest absolute Gasteiger partial charge is 0.344 e. The van der Waals surface area contributed by atoms with Crippen LogP contribution in [0.4, 0.5) is 0 Å². The Labute approximate surface area is 96.6 Å². The first-order valence-corrected chi connectivity index (χ1v) is 6.10. The van der Waals surface area contributed by atoms with Gasteiger partial charge in [0.1, 0.15) is 0 Å². The Morgan fingerprint density at radius 2 is 2.25 bits per heavy atom. The predicted octanol–water partition coefficient (Wildman–Crippen LogP) is 0.889. The number of nitrogens with one attached hydrogen (secondary N) is 1. The number of nitrogens with zero attached hydrogens (tertiary/aromatic N) is 2. The summed E-state index contributed by atoms with van der Waals surface area (Å²) in [5.41, 5.74) is 0. The number of likely N-dealkylation sites (N-methyl/N-ethyl adjacent to an activating group) is 1. The van der Waals surface area contributed by atoms with Crippen LogP contribution in [0.1, 0.15) is 32.1 Å². The number of likely N-dealkylation sites (tertiary alicyclic amines) is 1. The summed E-state index contributed by atoms with van der Waals surface area (Å²) in [4.78, 5) is 13.1. The minimum absolute atomic E-state index is 0.169. The fourth-order valence-corrected chi connectivity index (χ4v) is 2.77. The van der Waals surface area contributed by atoms with Crippen molar-refractivity contribution in [3.63, 3.8) is 0 Å². The van der Waals surface area contributed by atoms with Crippen LogP contribution in [0.15, 0.2) is 0 Å². The minimum Gasteiger partial charge on any atom is -0.344 e. The van der Waals surface area contributed by atoms with Crippen molar-refractivity contribution < 1.29 is 4.79 Å². The summed E-state index contributed by atoms with van der Waals surface area (Å²) in [6, 6.07) is 3.10. The lowest BCUT2D eigenvalue weighted by atomic mass is 10.0. The zero-order valence-corrected chi connectivity index (χ0v) is 9.78. The number of hydrogen-bond acceptors (Lipinski definition) is 3. The molecule has 0 bridgehead atoms. The van der Waals surface area contributed by atoms with Crippen molar-refractivity contribution in [2.45, 2.75) is 44.2 Å². The van der Waals surface area contributed by atoms with Crippen LogP contribution in [0.3, 0.4) is 0 Å². The van der Waals surface area contributed by atoms with Crippen molar-refractivity contribution in [3.8, 4) is 6.07 Å². The van der Waals surface area contributed by atoms with Gasteiger partial charge in [0.2, 0.25) is 5.91 Å². The molecule has 0 aromatic heterocycles. The van der Waals surface area contributed by atoms with Gasteiger partial charge in [-0.3, -0.25) is 4.79 Å². The first-order chi connectivity index (χ1) is 7.70. The first kappa shape index (κ1) is 11.4. The smallest absolute Gasteiger partial charge is 0.222 e. The third-order valence-corrected chi connectivity index (χ3v) is 3.76. The van der Waals surface area contributed by atoms with Crippen LogP contribution in [0.2, 0.25) is 0 Å². The maximum Gasteiger partial charge on any atom is 0.222 e. The molecule has 1 saturated heterocycles. The van der Waals surface area contributed by atoms with Crippen molar-refractivity contribution in [1.82, 2.24) is 10.2 Å². The highest BCUT2D eigenvalue weighted by Crippen LogP contribution is 2.26. The van der Waals surface area contributed by atoms with E-state index >= 15 is 0 Å². The van der Waals surface area contributed by atoms with Crippen molar-refractivity contribution in [1.29, 1.82) is 5.26 Å². The number of carbonyl (C=O) groups excluding carboxylic acids is 1. The average molecular weight is 221 g/mol. The lowest BCUT2D eigenvalue weighted by Crippen LogP contribution is -2.50. The molecule has 0 aromatic carbocycles. The fraction of sp³-hybridized carbons (Fsp3) is 0.833. The Kier molecular flexibility index (Phi) is 3.45. The lowest BCUT2D eigenvalue weighted by molar-refractivity contribution is -0.132. The molecule has 2 rings (SSSR count). The second-order valence-corrected chi connectivity index (χ2v) is 4.95. The summed E-state index contributed by atoms with van der Waals surface area (Å²) in [6.07, 6.45) is 4.83. The molecule has 1 amide bonds. The van der Waals surface area contributed by atoms with E-state index in [-0.39, 0.29) is 11.8 Å².